The molecule has 2 rings (SSSR count). The van der Waals surface area contributed by atoms with Crippen molar-refractivity contribution in [2.24, 2.45) is 4.99 Å². The fourth-order valence-electron chi connectivity index (χ4n) is 1.99. The van der Waals surface area contributed by atoms with Crippen molar-refractivity contribution >= 4 is 17.6 Å². The molecule has 1 aliphatic rings. The molecule has 0 aliphatic carbocycles. The molecule has 0 saturated carbocycles. The third-order valence-electron chi connectivity index (χ3n) is 2.99. The molecule has 114 valence electrons. The molecule has 1 aromatic rings. The van der Waals surface area contributed by atoms with Gasteiger partial charge < -0.3 is 14.6 Å². The minimum atomic E-state index is -1.25. The fourth-order valence-corrected chi connectivity index (χ4v) is 1.99. The summed E-state index contributed by atoms with van der Waals surface area (Å²) in [6.07, 6.45) is 0.0944. The first-order chi connectivity index (χ1) is 10.7. The lowest BCUT2D eigenvalue weighted by atomic mass is 10.0. The van der Waals surface area contributed by atoms with Crippen LogP contribution in [-0.2, 0) is 25.7 Å². The Hall–Kier alpha value is -2.69. The Bertz CT molecular complexity index is 656. The Morgan fingerprint density at radius 1 is 1.36 bits per heavy atom. The summed E-state index contributed by atoms with van der Waals surface area (Å²) in [6, 6.07) is 9.22. The van der Waals surface area contributed by atoms with Gasteiger partial charge in [-0.2, -0.15) is 0 Å². The lowest BCUT2D eigenvalue weighted by Crippen LogP contribution is -2.35. The largest absolute Gasteiger partial charge is 0.491 e. The van der Waals surface area contributed by atoms with Crippen molar-refractivity contribution in [2.45, 2.75) is 19.6 Å². The Morgan fingerprint density at radius 3 is 2.68 bits per heavy atom. The quantitative estimate of drug-likeness (QED) is 0.809. The average Bonchev–Trinajstić information content (AvgIpc) is 2.53. The molecule has 0 amide bonds. The molecular formula is C16H15NO5. The van der Waals surface area contributed by atoms with Gasteiger partial charge in [-0.25, -0.2) is 14.6 Å². The number of carboxylic acid groups (broad SMARTS) is 1. The number of aliphatic carboxylic acids is 1. The van der Waals surface area contributed by atoms with Gasteiger partial charge >= 0.3 is 5.97 Å². The lowest BCUT2D eigenvalue weighted by Gasteiger charge is -2.22. The first kappa shape index (κ1) is 15.7. The highest BCUT2D eigenvalue weighted by Gasteiger charge is 2.33. The van der Waals surface area contributed by atoms with Gasteiger partial charge in [0, 0.05) is 0 Å². The molecule has 6 nitrogen and oxygen atoms in total. The van der Waals surface area contributed by atoms with Crippen LogP contribution in [0.5, 0.6) is 0 Å². The molecule has 0 radical (unpaired) electrons. The second-order valence-corrected chi connectivity index (χ2v) is 4.44. The maximum absolute atomic E-state index is 11.3. The predicted octanol–water partition coefficient (Wildman–Crippen LogP) is 1.75. The number of benzene rings is 1. The molecule has 1 atom stereocenters. The van der Waals surface area contributed by atoms with Gasteiger partial charge in [-0.3, -0.25) is 0 Å². The van der Waals surface area contributed by atoms with Crippen LogP contribution in [0.4, 0.5) is 0 Å². The third kappa shape index (κ3) is 3.49. The Kier molecular flexibility index (Phi) is 5.25. The number of nitrogens with zero attached hydrogens (tertiary/aromatic N) is 1. The molecule has 0 bridgehead atoms. The number of carboxylic acids is 1. The van der Waals surface area contributed by atoms with Gasteiger partial charge in [-0.05, 0) is 12.5 Å². The molecule has 0 aromatic heterocycles. The molecule has 0 saturated heterocycles. The number of hydrogen-bond acceptors (Lipinski definition) is 5. The number of carbonyl (C=O) groups excluding carboxylic acids is 1. The highest BCUT2D eigenvalue weighted by molar-refractivity contribution is 6.39. The van der Waals surface area contributed by atoms with Crippen molar-refractivity contribution in [2.75, 3.05) is 6.61 Å². The molecule has 1 unspecified atom stereocenters. The van der Waals surface area contributed by atoms with Crippen molar-refractivity contribution in [3.05, 3.63) is 53.4 Å². The predicted molar refractivity (Wildman–Crippen MR) is 79.0 cm³/mol. The SMILES string of the molecule is CCOC1=CN=C(C(=O)O)C(OCc2ccccc2)C1=C=O. The van der Waals surface area contributed by atoms with Crippen molar-refractivity contribution in [3.63, 3.8) is 0 Å². The van der Waals surface area contributed by atoms with Crippen LogP contribution in [0.25, 0.3) is 0 Å². The van der Waals surface area contributed by atoms with Crippen molar-refractivity contribution < 1.29 is 24.2 Å². The Balaban J connectivity index is 2.25. The van der Waals surface area contributed by atoms with E-state index in [4.69, 9.17) is 9.47 Å². The zero-order valence-corrected chi connectivity index (χ0v) is 12.0. The van der Waals surface area contributed by atoms with Crippen LogP contribution in [0.1, 0.15) is 12.5 Å². The summed E-state index contributed by atoms with van der Waals surface area (Å²) < 4.78 is 10.9. The molecule has 0 fully saturated rings. The van der Waals surface area contributed by atoms with E-state index in [2.05, 4.69) is 4.99 Å². The zero-order valence-electron chi connectivity index (χ0n) is 12.0. The van der Waals surface area contributed by atoms with Crippen LogP contribution in [-0.4, -0.2) is 35.4 Å². The van der Waals surface area contributed by atoms with Crippen molar-refractivity contribution in [1.82, 2.24) is 0 Å². The first-order valence-electron chi connectivity index (χ1n) is 6.72. The number of aliphatic imine (C=N–C) groups is 1. The minimum Gasteiger partial charge on any atom is -0.491 e. The van der Waals surface area contributed by atoms with E-state index in [1.807, 2.05) is 30.3 Å². The Labute approximate surface area is 127 Å². The van der Waals surface area contributed by atoms with Crippen LogP contribution in [0.3, 0.4) is 0 Å². The number of rotatable bonds is 6. The minimum absolute atomic E-state index is 0.00480. The van der Waals surface area contributed by atoms with Crippen molar-refractivity contribution in [1.29, 1.82) is 0 Å². The molecule has 0 spiro atoms. The highest BCUT2D eigenvalue weighted by Crippen LogP contribution is 2.23. The summed E-state index contributed by atoms with van der Waals surface area (Å²) >= 11 is 0. The van der Waals surface area contributed by atoms with E-state index in [1.165, 1.54) is 6.20 Å². The highest BCUT2D eigenvalue weighted by atomic mass is 16.5. The first-order valence-corrected chi connectivity index (χ1v) is 6.72. The van der Waals surface area contributed by atoms with Gasteiger partial charge in [0.1, 0.15) is 17.6 Å². The van der Waals surface area contributed by atoms with Crippen LogP contribution >= 0.6 is 0 Å². The molecule has 1 aromatic carbocycles. The van der Waals surface area contributed by atoms with Gasteiger partial charge in [-0.15, -0.1) is 0 Å². The molecular weight excluding hydrogens is 286 g/mol. The van der Waals surface area contributed by atoms with Gasteiger partial charge in [0.05, 0.1) is 19.4 Å². The molecule has 6 heteroatoms. The van der Waals surface area contributed by atoms with E-state index in [0.717, 1.165) is 5.56 Å². The average molecular weight is 301 g/mol. The van der Waals surface area contributed by atoms with E-state index in [1.54, 1.807) is 12.9 Å². The van der Waals surface area contributed by atoms with Gasteiger partial charge in [-0.1, -0.05) is 30.3 Å². The van der Waals surface area contributed by atoms with E-state index in [-0.39, 0.29) is 23.7 Å². The smallest absolute Gasteiger partial charge is 0.353 e. The topological polar surface area (TPSA) is 85.2 Å². The summed E-state index contributed by atoms with van der Waals surface area (Å²) in [6.45, 7) is 2.21. The van der Waals surface area contributed by atoms with Gasteiger partial charge in [0.2, 0.25) is 0 Å². The zero-order chi connectivity index (χ0) is 15.9. The second kappa shape index (κ2) is 7.36. The standard InChI is InChI=1S/C16H15NO5/c1-2-21-13-8-17-14(16(19)20)15(12(13)9-18)22-10-11-6-4-3-5-7-11/h3-8,15H,2,10H2,1H3,(H,19,20). The van der Waals surface area contributed by atoms with Crippen LogP contribution in [0.15, 0.2) is 52.9 Å². The molecule has 22 heavy (non-hydrogen) atoms. The molecule has 1 heterocycles. The summed E-state index contributed by atoms with van der Waals surface area (Å²) in [5, 5.41) is 9.21. The number of carbonyl (C=O) groups is 1. The molecule has 1 aliphatic heterocycles. The van der Waals surface area contributed by atoms with Crippen LogP contribution in [0.2, 0.25) is 0 Å². The van der Waals surface area contributed by atoms with Crippen LogP contribution < -0.4 is 0 Å². The summed E-state index contributed by atoms with van der Waals surface area (Å²) in [7, 11) is 0. The van der Waals surface area contributed by atoms with Gasteiger partial charge in [0.15, 0.2) is 11.5 Å². The second-order valence-electron chi connectivity index (χ2n) is 4.44. The number of hydrogen-bond donors (Lipinski definition) is 1. The fraction of sp³-hybridized carbons (Fsp3) is 0.250. The van der Waals surface area contributed by atoms with Crippen LogP contribution in [0, 0.1) is 0 Å². The maximum Gasteiger partial charge on any atom is 0.353 e. The normalized spacial score (nSPS) is 17.3. The Morgan fingerprint density at radius 2 is 2.09 bits per heavy atom. The van der Waals surface area contributed by atoms with E-state index in [0.29, 0.717) is 6.61 Å². The van der Waals surface area contributed by atoms with Crippen molar-refractivity contribution in [3.8, 4) is 0 Å². The third-order valence-corrected chi connectivity index (χ3v) is 2.99. The maximum atomic E-state index is 11.3. The number of ether oxygens (including phenoxy) is 2. The summed E-state index contributed by atoms with van der Waals surface area (Å²) in [5.74, 6) is 0.643. The van der Waals surface area contributed by atoms with E-state index in [9.17, 15) is 14.7 Å². The monoisotopic (exact) mass is 301 g/mol. The summed E-state index contributed by atoms with van der Waals surface area (Å²) in [4.78, 5) is 26.3. The lowest BCUT2D eigenvalue weighted by molar-refractivity contribution is -0.130. The van der Waals surface area contributed by atoms with E-state index < -0.39 is 12.1 Å². The van der Waals surface area contributed by atoms with Gasteiger partial charge in [0.25, 0.3) is 0 Å². The summed E-state index contributed by atoms with van der Waals surface area (Å²) in [5.41, 5.74) is 0.591. The van der Waals surface area contributed by atoms with E-state index >= 15 is 0 Å². The molecule has 1 N–H and O–H groups in total.